The number of rotatable bonds is 3. The van der Waals surface area contributed by atoms with Gasteiger partial charge in [0.05, 0.1) is 0 Å². The Balaban J connectivity index is 1.74. The molecule has 1 N–H and O–H groups in total. The molecule has 2 aliphatic rings. The second kappa shape index (κ2) is 4.59. The quantitative estimate of drug-likeness (QED) is 0.888. The van der Waals surface area contributed by atoms with Gasteiger partial charge in [0.25, 0.3) is 0 Å². The van der Waals surface area contributed by atoms with E-state index in [0.717, 1.165) is 38.1 Å². The number of hydrogen-bond acceptors (Lipinski definition) is 4. The average Bonchev–Trinajstić information content (AvgIpc) is 2.93. The molecule has 6 nitrogen and oxygen atoms in total. The van der Waals surface area contributed by atoms with E-state index in [1.54, 1.807) is 4.90 Å². The zero-order chi connectivity index (χ0) is 12.5. The summed E-state index contributed by atoms with van der Waals surface area (Å²) in [5.74, 6) is 1.90. The number of urea groups is 1. The van der Waals surface area contributed by atoms with Crippen LogP contribution in [0, 0.1) is 0 Å². The van der Waals surface area contributed by atoms with Crippen LogP contribution in [0.4, 0.5) is 4.79 Å². The fourth-order valence-corrected chi connectivity index (χ4v) is 2.41. The van der Waals surface area contributed by atoms with Crippen LogP contribution >= 0.6 is 0 Å². The van der Waals surface area contributed by atoms with Crippen molar-refractivity contribution in [3.63, 3.8) is 0 Å². The van der Waals surface area contributed by atoms with Gasteiger partial charge < -0.3 is 14.7 Å². The first-order valence-corrected chi connectivity index (χ1v) is 6.67. The summed E-state index contributed by atoms with van der Waals surface area (Å²) in [5.41, 5.74) is 0. The molecular formula is C12H18N4O2. The molecule has 18 heavy (non-hydrogen) atoms. The molecule has 1 saturated carbocycles. The van der Waals surface area contributed by atoms with Gasteiger partial charge in [-0.25, -0.2) is 4.79 Å². The third-order valence-electron chi connectivity index (χ3n) is 3.53. The van der Waals surface area contributed by atoms with Crippen molar-refractivity contribution >= 4 is 6.03 Å². The maximum atomic E-state index is 11.9. The number of nitrogens with zero attached hydrogens (tertiary/aromatic N) is 3. The molecule has 1 unspecified atom stereocenters. The zero-order valence-corrected chi connectivity index (χ0v) is 10.6. The first-order chi connectivity index (χ1) is 8.79. The predicted molar refractivity (Wildman–Crippen MR) is 64.0 cm³/mol. The smallest absolute Gasteiger partial charge is 0.318 e. The summed E-state index contributed by atoms with van der Waals surface area (Å²) < 4.78 is 5.33. The molecule has 98 valence electrons. The molecule has 1 saturated heterocycles. The van der Waals surface area contributed by atoms with Crippen molar-refractivity contribution in [3.05, 3.63) is 11.7 Å². The van der Waals surface area contributed by atoms with E-state index >= 15 is 0 Å². The number of likely N-dealkylation sites (tertiary alicyclic amines) is 1. The van der Waals surface area contributed by atoms with Crippen LogP contribution in [0.5, 0.6) is 0 Å². The van der Waals surface area contributed by atoms with Gasteiger partial charge in [0, 0.05) is 19.0 Å². The largest absolute Gasteiger partial charge is 0.338 e. The van der Waals surface area contributed by atoms with Crippen molar-refractivity contribution in [1.29, 1.82) is 0 Å². The van der Waals surface area contributed by atoms with Crippen LogP contribution in [-0.4, -0.2) is 34.2 Å². The molecule has 1 atom stereocenters. The van der Waals surface area contributed by atoms with Gasteiger partial charge in [-0.2, -0.15) is 4.98 Å². The molecule has 3 rings (SSSR count). The number of aromatic nitrogens is 2. The van der Waals surface area contributed by atoms with Gasteiger partial charge >= 0.3 is 6.03 Å². The van der Waals surface area contributed by atoms with Crippen LogP contribution in [0.2, 0.25) is 0 Å². The molecule has 0 aromatic carbocycles. The summed E-state index contributed by atoms with van der Waals surface area (Å²) in [5, 5.41) is 6.84. The van der Waals surface area contributed by atoms with Crippen molar-refractivity contribution in [2.75, 3.05) is 13.1 Å². The zero-order valence-electron chi connectivity index (χ0n) is 10.6. The molecule has 0 bridgehead atoms. The molecule has 0 radical (unpaired) electrons. The number of nitrogens with one attached hydrogen (secondary N) is 1. The molecule has 2 heterocycles. The normalized spacial score (nSPS) is 23.4. The molecule has 1 aliphatic carbocycles. The first-order valence-electron chi connectivity index (χ1n) is 6.67. The fraction of sp³-hybridized carbons (Fsp3) is 0.750. The molecule has 1 aromatic heterocycles. The maximum Gasteiger partial charge on any atom is 0.318 e. The van der Waals surface area contributed by atoms with E-state index in [9.17, 15) is 4.79 Å². The number of hydrogen-bond donors (Lipinski definition) is 1. The van der Waals surface area contributed by atoms with E-state index in [0.29, 0.717) is 18.4 Å². The molecule has 1 aliphatic heterocycles. The highest BCUT2D eigenvalue weighted by Crippen LogP contribution is 2.39. The highest BCUT2D eigenvalue weighted by Gasteiger charge is 2.36. The first kappa shape index (κ1) is 11.5. The minimum Gasteiger partial charge on any atom is -0.338 e. The predicted octanol–water partition coefficient (Wildman–Crippen LogP) is 1.81. The van der Waals surface area contributed by atoms with E-state index in [2.05, 4.69) is 15.5 Å². The van der Waals surface area contributed by atoms with Gasteiger partial charge in [-0.05, 0) is 32.6 Å². The molecule has 6 heteroatoms. The van der Waals surface area contributed by atoms with Crippen molar-refractivity contribution in [3.8, 4) is 0 Å². The lowest BCUT2D eigenvalue weighted by molar-refractivity contribution is 0.181. The minimum atomic E-state index is -0.0449. The summed E-state index contributed by atoms with van der Waals surface area (Å²) in [6, 6.07) is -0.0808. The molecule has 1 aromatic rings. The van der Waals surface area contributed by atoms with Gasteiger partial charge in [-0.1, -0.05) is 5.16 Å². The topological polar surface area (TPSA) is 71.3 Å². The Morgan fingerprint density at radius 1 is 1.50 bits per heavy atom. The van der Waals surface area contributed by atoms with E-state index < -0.39 is 0 Å². The SMILES string of the molecule is CCNC(=O)N1CCCC1c1nc(C2CC2)no1. The second-order valence-corrected chi connectivity index (χ2v) is 4.95. The summed E-state index contributed by atoms with van der Waals surface area (Å²) >= 11 is 0. The number of carbonyl (C=O) groups excluding carboxylic acids is 1. The minimum absolute atomic E-state index is 0.0360. The second-order valence-electron chi connectivity index (χ2n) is 4.95. The molecular weight excluding hydrogens is 232 g/mol. The highest BCUT2D eigenvalue weighted by atomic mass is 16.5. The number of carbonyl (C=O) groups is 1. The summed E-state index contributed by atoms with van der Waals surface area (Å²) in [6.45, 7) is 3.32. The maximum absolute atomic E-state index is 11.9. The van der Waals surface area contributed by atoms with Crippen LogP contribution in [0.1, 0.15) is 56.3 Å². The lowest BCUT2D eigenvalue weighted by Crippen LogP contribution is -2.39. The van der Waals surface area contributed by atoms with Crippen LogP contribution in [0.25, 0.3) is 0 Å². The molecule has 2 amide bonds. The van der Waals surface area contributed by atoms with Gasteiger partial charge in [-0.3, -0.25) is 0 Å². The third-order valence-corrected chi connectivity index (χ3v) is 3.53. The van der Waals surface area contributed by atoms with Crippen LogP contribution in [-0.2, 0) is 0 Å². The Morgan fingerprint density at radius 3 is 3.06 bits per heavy atom. The Kier molecular flexibility index (Phi) is 2.93. The highest BCUT2D eigenvalue weighted by molar-refractivity contribution is 5.74. The van der Waals surface area contributed by atoms with E-state index in [1.807, 2.05) is 6.92 Å². The Hall–Kier alpha value is -1.59. The van der Waals surface area contributed by atoms with Crippen molar-refractivity contribution in [2.24, 2.45) is 0 Å². The fourth-order valence-electron chi connectivity index (χ4n) is 2.41. The molecule has 2 fully saturated rings. The summed E-state index contributed by atoms with van der Waals surface area (Å²) in [6.07, 6.45) is 4.21. The van der Waals surface area contributed by atoms with Crippen LogP contribution in [0.15, 0.2) is 4.52 Å². The van der Waals surface area contributed by atoms with Gasteiger partial charge in [0.2, 0.25) is 5.89 Å². The van der Waals surface area contributed by atoms with Crippen molar-refractivity contribution in [1.82, 2.24) is 20.4 Å². The standard InChI is InChI=1S/C12H18N4O2/c1-2-13-12(17)16-7-3-4-9(16)11-14-10(15-18-11)8-5-6-8/h8-9H,2-7H2,1H3,(H,13,17). The lowest BCUT2D eigenvalue weighted by atomic mass is 10.2. The Morgan fingerprint density at radius 2 is 2.33 bits per heavy atom. The Labute approximate surface area is 106 Å². The van der Waals surface area contributed by atoms with Crippen LogP contribution < -0.4 is 5.32 Å². The summed E-state index contributed by atoms with van der Waals surface area (Å²) in [4.78, 5) is 18.2. The monoisotopic (exact) mass is 250 g/mol. The van der Waals surface area contributed by atoms with E-state index in [1.165, 1.54) is 0 Å². The molecule has 0 spiro atoms. The van der Waals surface area contributed by atoms with E-state index in [-0.39, 0.29) is 12.1 Å². The summed E-state index contributed by atoms with van der Waals surface area (Å²) in [7, 11) is 0. The van der Waals surface area contributed by atoms with Gasteiger partial charge in [-0.15, -0.1) is 0 Å². The number of amides is 2. The average molecular weight is 250 g/mol. The van der Waals surface area contributed by atoms with Crippen LogP contribution in [0.3, 0.4) is 0 Å². The Bertz CT molecular complexity index is 441. The van der Waals surface area contributed by atoms with Crippen molar-refractivity contribution in [2.45, 2.75) is 44.6 Å². The van der Waals surface area contributed by atoms with Crippen molar-refractivity contribution < 1.29 is 9.32 Å². The van der Waals surface area contributed by atoms with Gasteiger partial charge in [0.15, 0.2) is 5.82 Å². The lowest BCUT2D eigenvalue weighted by Gasteiger charge is -2.21. The third kappa shape index (κ3) is 2.07. The van der Waals surface area contributed by atoms with E-state index in [4.69, 9.17) is 4.52 Å². The van der Waals surface area contributed by atoms with Gasteiger partial charge in [0.1, 0.15) is 6.04 Å².